The van der Waals surface area contributed by atoms with Gasteiger partial charge in [0.05, 0.1) is 5.69 Å². The van der Waals surface area contributed by atoms with Crippen molar-refractivity contribution in [3.8, 4) is 0 Å². The number of likely N-dealkylation sites (tertiary alicyclic amines) is 1. The maximum absolute atomic E-state index is 12.1. The molecule has 0 unspecified atom stereocenters. The van der Waals surface area contributed by atoms with E-state index in [2.05, 4.69) is 40.7 Å². The summed E-state index contributed by atoms with van der Waals surface area (Å²) in [5, 5.41) is 10.0. The van der Waals surface area contributed by atoms with Gasteiger partial charge in [0, 0.05) is 53.8 Å². The smallest absolute Gasteiger partial charge is 0.220 e. The Balaban J connectivity index is 1.49. The summed E-state index contributed by atoms with van der Waals surface area (Å²) in [6, 6.07) is 6.65. The van der Waals surface area contributed by atoms with Gasteiger partial charge in [0.1, 0.15) is 0 Å². The van der Waals surface area contributed by atoms with Crippen LogP contribution < -0.4 is 5.32 Å². The van der Waals surface area contributed by atoms with Gasteiger partial charge in [-0.3, -0.25) is 9.69 Å². The van der Waals surface area contributed by atoms with Crippen LogP contribution in [0.4, 0.5) is 0 Å². The number of aryl methyl sites for hydroxylation is 2. The molecule has 7 heteroatoms. The average Bonchev–Trinajstić information content (AvgIpc) is 3.42. The van der Waals surface area contributed by atoms with Gasteiger partial charge in [-0.2, -0.15) is 5.10 Å². The highest BCUT2D eigenvalue weighted by molar-refractivity contribution is 7.09. The summed E-state index contributed by atoms with van der Waals surface area (Å²) < 4.78 is 1.97. The molecule has 1 aliphatic heterocycles. The summed E-state index contributed by atoms with van der Waals surface area (Å²) in [6.07, 6.45) is 2.30. The Kier molecular flexibility index (Phi) is 6.20. The number of thiophene rings is 1. The summed E-state index contributed by atoms with van der Waals surface area (Å²) in [5.41, 5.74) is 5.26. The van der Waals surface area contributed by atoms with Crippen molar-refractivity contribution in [1.82, 2.24) is 24.8 Å². The Morgan fingerprint density at radius 2 is 2.20 bits per heavy atom. The molecular weight excluding hydrogens is 394 g/mol. The molecule has 160 valence electrons. The summed E-state index contributed by atoms with van der Waals surface area (Å²) in [5.74, 6) is 0.536. The Labute approximate surface area is 182 Å². The summed E-state index contributed by atoms with van der Waals surface area (Å²) in [6.45, 7) is 11.3. The molecular formula is C23H31N5OS. The third kappa shape index (κ3) is 4.57. The summed E-state index contributed by atoms with van der Waals surface area (Å²) in [4.78, 5) is 20.8. The molecule has 0 spiro atoms. The molecule has 4 heterocycles. The number of hydrogen-bond donors (Lipinski definition) is 1. The average molecular weight is 426 g/mol. The number of hydrogen-bond acceptors (Lipinski definition) is 5. The number of nitrogens with zero attached hydrogens (tertiary/aromatic N) is 4. The van der Waals surface area contributed by atoms with E-state index in [0.29, 0.717) is 18.8 Å². The van der Waals surface area contributed by atoms with Gasteiger partial charge < -0.3 is 5.32 Å². The fraction of sp³-hybridized carbons (Fsp3) is 0.522. The van der Waals surface area contributed by atoms with Crippen LogP contribution in [0.3, 0.4) is 0 Å². The molecule has 1 fully saturated rings. The van der Waals surface area contributed by atoms with E-state index < -0.39 is 0 Å². The van der Waals surface area contributed by atoms with Gasteiger partial charge in [0.2, 0.25) is 5.91 Å². The van der Waals surface area contributed by atoms with Gasteiger partial charge in [0.15, 0.2) is 5.65 Å². The van der Waals surface area contributed by atoms with Gasteiger partial charge in [0.25, 0.3) is 0 Å². The van der Waals surface area contributed by atoms with Crippen LogP contribution in [0.25, 0.3) is 5.65 Å². The zero-order valence-corrected chi connectivity index (χ0v) is 19.1. The lowest BCUT2D eigenvalue weighted by Gasteiger charge is -2.14. The molecule has 30 heavy (non-hydrogen) atoms. The molecule has 1 N–H and O–H groups in total. The predicted octanol–water partition coefficient (Wildman–Crippen LogP) is 3.85. The van der Waals surface area contributed by atoms with Crippen LogP contribution in [-0.4, -0.2) is 44.5 Å². The van der Waals surface area contributed by atoms with Crippen molar-refractivity contribution in [2.45, 2.75) is 65.5 Å². The van der Waals surface area contributed by atoms with Gasteiger partial charge in [-0.1, -0.05) is 6.07 Å². The van der Waals surface area contributed by atoms with Crippen LogP contribution in [0.1, 0.15) is 60.1 Å². The Bertz CT molecular complexity index is 1020. The van der Waals surface area contributed by atoms with E-state index in [1.54, 1.807) is 0 Å². The third-order valence-electron chi connectivity index (χ3n) is 5.88. The normalized spacial score (nSPS) is 17.3. The molecule has 4 rings (SSSR count). The number of amides is 1. The van der Waals surface area contributed by atoms with E-state index >= 15 is 0 Å². The van der Waals surface area contributed by atoms with E-state index in [1.165, 1.54) is 4.88 Å². The van der Waals surface area contributed by atoms with Gasteiger partial charge in [-0.05, 0) is 64.1 Å². The molecule has 1 amide bonds. The maximum Gasteiger partial charge on any atom is 0.220 e. The first-order valence-corrected chi connectivity index (χ1v) is 11.7. The molecule has 1 aliphatic rings. The molecule has 0 bridgehead atoms. The van der Waals surface area contributed by atoms with Crippen molar-refractivity contribution in [3.05, 3.63) is 51.1 Å². The fourth-order valence-electron chi connectivity index (χ4n) is 4.38. The van der Waals surface area contributed by atoms with Gasteiger partial charge in [-0.15, -0.1) is 11.3 Å². The minimum absolute atomic E-state index is 0.0850. The SMILES string of the molecule is Cc1nc2cc([C@@H]3CCN(Cc4cccs4)C3)nn2c(C)c1CCC(=O)NC(C)C. The van der Waals surface area contributed by atoms with E-state index in [-0.39, 0.29) is 11.9 Å². The largest absolute Gasteiger partial charge is 0.354 e. The van der Waals surface area contributed by atoms with Crippen molar-refractivity contribution in [2.24, 2.45) is 0 Å². The monoisotopic (exact) mass is 425 g/mol. The number of fused-ring (bicyclic) bond motifs is 1. The molecule has 1 saturated heterocycles. The van der Waals surface area contributed by atoms with Crippen LogP contribution in [-0.2, 0) is 17.8 Å². The second-order valence-electron chi connectivity index (χ2n) is 8.62. The molecule has 0 saturated carbocycles. The lowest BCUT2D eigenvalue weighted by molar-refractivity contribution is -0.121. The topological polar surface area (TPSA) is 62.5 Å². The Morgan fingerprint density at radius 1 is 1.37 bits per heavy atom. The van der Waals surface area contributed by atoms with Gasteiger partial charge in [-0.25, -0.2) is 9.50 Å². The van der Waals surface area contributed by atoms with Gasteiger partial charge >= 0.3 is 0 Å². The summed E-state index contributed by atoms with van der Waals surface area (Å²) >= 11 is 1.83. The van der Waals surface area contributed by atoms with E-state index in [0.717, 1.165) is 54.3 Å². The van der Waals surface area contributed by atoms with Crippen LogP contribution in [0.15, 0.2) is 23.6 Å². The first-order chi connectivity index (χ1) is 14.4. The molecule has 0 radical (unpaired) electrons. The first-order valence-electron chi connectivity index (χ1n) is 10.8. The molecule has 3 aromatic heterocycles. The highest BCUT2D eigenvalue weighted by atomic mass is 32.1. The second kappa shape index (κ2) is 8.86. The van der Waals surface area contributed by atoms with Crippen LogP contribution in [0, 0.1) is 13.8 Å². The van der Waals surface area contributed by atoms with Crippen LogP contribution >= 0.6 is 11.3 Å². The van der Waals surface area contributed by atoms with E-state index in [1.807, 2.05) is 36.6 Å². The number of nitrogens with one attached hydrogen (secondary N) is 1. The Hall–Kier alpha value is -2.25. The lowest BCUT2D eigenvalue weighted by Crippen LogP contribution is -2.30. The number of carbonyl (C=O) groups is 1. The minimum Gasteiger partial charge on any atom is -0.354 e. The maximum atomic E-state index is 12.1. The summed E-state index contributed by atoms with van der Waals surface area (Å²) in [7, 11) is 0. The van der Waals surface area contributed by atoms with E-state index in [4.69, 9.17) is 10.1 Å². The highest BCUT2D eigenvalue weighted by Gasteiger charge is 2.27. The number of carbonyl (C=O) groups excluding carboxylic acids is 1. The molecule has 1 atom stereocenters. The second-order valence-corrected chi connectivity index (χ2v) is 9.65. The van der Waals surface area contributed by atoms with Crippen LogP contribution in [0.2, 0.25) is 0 Å². The quantitative estimate of drug-likeness (QED) is 0.624. The van der Waals surface area contributed by atoms with Crippen molar-refractivity contribution < 1.29 is 4.79 Å². The van der Waals surface area contributed by atoms with Crippen LogP contribution in [0.5, 0.6) is 0 Å². The zero-order chi connectivity index (χ0) is 21.3. The lowest BCUT2D eigenvalue weighted by atomic mass is 10.1. The van der Waals surface area contributed by atoms with Crippen molar-refractivity contribution in [3.63, 3.8) is 0 Å². The standard InChI is InChI=1S/C23H31N5OS/c1-15(2)24-23(29)8-7-20-16(3)25-22-12-21(26-28(22)17(20)4)18-9-10-27(13-18)14-19-6-5-11-30-19/h5-6,11-12,15,18H,7-10,13-14H2,1-4H3,(H,24,29)/t18-/m1/s1. The first kappa shape index (κ1) is 21.0. The molecule has 3 aromatic rings. The van der Waals surface area contributed by atoms with Crippen molar-refractivity contribution in [1.29, 1.82) is 0 Å². The highest BCUT2D eigenvalue weighted by Crippen LogP contribution is 2.29. The third-order valence-corrected chi connectivity index (χ3v) is 6.75. The molecule has 6 nitrogen and oxygen atoms in total. The van der Waals surface area contributed by atoms with Crippen molar-refractivity contribution >= 4 is 22.9 Å². The fourth-order valence-corrected chi connectivity index (χ4v) is 5.13. The Morgan fingerprint density at radius 3 is 2.93 bits per heavy atom. The molecule has 0 aliphatic carbocycles. The number of rotatable bonds is 7. The zero-order valence-electron chi connectivity index (χ0n) is 18.3. The van der Waals surface area contributed by atoms with Crippen molar-refractivity contribution in [2.75, 3.05) is 13.1 Å². The predicted molar refractivity (Wildman–Crippen MR) is 121 cm³/mol. The molecule has 0 aromatic carbocycles. The minimum atomic E-state index is 0.0850. The number of aromatic nitrogens is 3. The van der Waals surface area contributed by atoms with E-state index in [9.17, 15) is 4.79 Å².